The van der Waals surface area contributed by atoms with Gasteiger partial charge in [0.1, 0.15) is 11.5 Å². The van der Waals surface area contributed by atoms with Crippen molar-refractivity contribution in [3.05, 3.63) is 70.7 Å². The lowest BCUT2D eigenvalue weighted by Gasteiger charge is -2.10. The van der Waals surface area contributed by atoms with Gasteiger partial charge in [-0.25, -0.2) is 0 Å². The van der Waals surface area contributed by atoms with Crippen LogP contribution in [0.25, 0.3) is 0 Å². The van der Waals surface area contributed by atoms with Crippen LogP contribution in [0.15, 0.2) is 59.4 Å². The fourth-order valence-corrected chi connectivity index (χ4v) is 5.35. The van der Waals surface area contributed by atoms with E-state index in [1.807, 2.05) is 42.5 Å². The number of nitrogens with one attached hydrogen (secondary N) is 1. The first-order valence-electron chi connectivity index (χ1n) is 14.8. The zero-order valence-corrected chi connectivity index (χ0v) is 26.7. The van der Waals surface area contributed by atoms with Crippen molar-refractivity contribution in [1.82, 2.24) is 0 Å². The molecule has 0 spiro atoms. The van der Waals surface area contributed by atoms with Crippen LogP contribution in [0.2, 0.25) is 0 Å². The smallest absolute Gasteiger partial charge is 0.262 e. The number of hydrogen-bond acceptors (Lipinski definition) is 4. The number of aryl methyl sites for hydroxylation is 1. The summed E-state index contributed by atoms with van der Waals surface area (Å²) in [5.41, 5.74) is 5.24. The highest BCUT2D eigenvalue weighted by Crippen LogP contribution is 2.19. The molecule has 7 heteroatoms. The average molecular weight is 632 g/mol. The Kier molecular flexibility index (Phi) is 17.3. The number of nitrogens with zero attached hydrogens (tertiary/aromatic N) is 1. The van der Waals surface area contributed by atoms with Crippen molar-refractivity contribution < 1.29 is 35.8 Å². The minimum atomic E-state index is -0.182. The predicted molar refractivity (Wildman–Crippen MR) is 162 cm³/mol. The van der Waals surface area contributed by atoms with Crippen LogP contribution in [0.1, 0.15) is 95.2 Å². The Morgan fingerprint density at radius 3 is 2.02 bits per heavy atom. The molecule has 40 heavy (non-hydrogen) atoms. The first-order chi connectivity index (χ1) is 19.1. The Morgan fingerprint density at radius 1 is 0.825 bits per heavy atom. The van der Waals surface area contributed by atoms with Gasteiger partial charge in [0, 0.05) is 18.2 Å². The van der Waals surface area contributed by atoms with Crippen LogP contribution in [-0.4, -0.2) is 19.1 Å². The van der Waals surface area contributed by atoms with Gasteiger partial charge >= 0.3 is 0 Å². The fraction of sp³-hybridized carbons (Fsp3) is 0.515. The molecule has 0 aliphatic carbocycles. The molecule has 0 fully saturated rings. The van der Waals surface area contributed by atoms with E-state index >= 15 is 0 Å². The summed E-state index contributed by atoms with van der Waals surface area (Å²) in [7, 11) is 0. The van der Waals surface area contributed by atoms with Gasteiger partial charge in [-0.15, -0.1) is 0 Å². The van der Waals surface area contributed by atoms with E-state index in [2.05, 4.69) is 40.7 Å². The van der Waals surface area contributed by atoms with E-state index in [1.54, 1.807) is 11.3 Å². The van der Waals surface area contributed by atoms with Gasteiger partial charge in [-0.1, -0.05) is 101 Å². The molecule has 0 saturated carbocycles. The monoisotopic (exact) mass is 630 g/mol. The summed E-state index contributed by atoms with van der Waals surface area (Å²) < 4.78 is 13.8. The van der Waals surface area contributed by atoms with Crippen molar-refractivity contribution in [3.63, 3.8) is 0 Å². The van der Waals surface area contributed by atoms with Crippen molar-refractivity contribution in [2.75, 3.05) is 18.5 Å². The summed E-state index contributed by atoms with van der Waals surface area (Å²) in [5, 5.41) is 5.06. The second-order valence-electron chi connectivity index (χ2n) is 10.4. The molecule has 5 nitrogen and oxygen atoms in total. The highest BCUT2D eigenvalue weighted by atomic mass is 79.9. The summed E-state index contributed by atoms with van der Waals surface area (Å²) in [6.07, 6.45) is 16.1. The Hall–Kier alpha value is -2.38. The first-order valence-corrected chi connectivity index (χ1v) is 15.7. The number of unbranched alkanes of at least 4 members (excludes halogenated alkanes) is 11. The first kappa shape index (κ1) is 33.8. The van der Waals surface area contributed by atoms with E-state index in [0.29, 0.717) is 5.75 Å². The van der Waals surface area contributed by atoms with E-state index in [1.165, 1.54) is 76.3 Å². The molecule has 0 atom stereocenters. The molecule has 3 aromatic rings. The summed E-state index contributed by atoms with van der Waals surface area (Å²) in [5.74, 6) is 1.31. The Labute approximate surface area is 256 Å². The van der Waals surface area contributed by atoms with Crippen LogP contribution in [0.3, 0.4) is 0 Å². The average Bonchev–Trinajstić information content (AvgIpc) is 3.35. The van der Waals surface area contributed by atoms with Gasteiger partial charge in [-0.2, -0.15) is 4.57 Å². The lowest BCUT2D eigenvalue weighted by atomic mass is 10.1. The molecular weight excluding hydrogens is 584 g/mol. The van der Waals surface area contributed by atoms with Crippen molar-refractivity contribution in [3.8, 4) is 11.5 Å². The van der Waals surface area contributed by atoms with E-state index < -0.39 is 0 Å². The number of anilines is 1. The van der Waals surface area contributed by atoms with Gasteiger partial charge in [0.15, 0.2) is 18.8 Å². The predicted octanol–water partition coefficient (Wildman–Crippen LogP) is 5.49. The van der Waals surface area contributed by atoms with E-state index in [9.17, 15) is 4.79 Å². The molecule has 0 unspecified atom stereocenters. The Balaban J connectivity index is 0.00000560. The largest absolute Gasteiger partial charge is 1.00 e. The van der Waals surface area contributed by atoms with Crippen molar-refractivity contribution in [1.29, 1.82) is 0 Å². The summed E-state index contributed by atoms with van der Waals surface area (Å²) in [6, 6.07) is 15.4. The number of carbonyl (C=O) groups excluding carboxylic acids is 1. The summed E-state index contributed by atoms with van der Waals surface area (Å²) in [4.78, 5) is 12.4. The van der Waals surface area contributed by atoms with Crippen molar-refractivity contribution in [2.24, 2.45) is 0 Å². The fourth-order valence-electron chi connectivity index (χ4n) is 4.57. The topological polar surface area (TPSA) is 51.4 Å². The Morgan fingerprint density at radius 2 is 1.43 bits per heavy atom. The molecular formula is C33H47BrN2O3S. The maximum absolute atomic E-state index is 12.4. The quantitative estimate of drug-likeness (QED) is 0.133. The number of thiazole rings is 1. The molecule has 1 aromatic heterocycles. The second-order valence-corrected chi connectivity index (χ2v) is 11.1. The lowest BCUT2D eigenvalue weighted by molar-refractivity contribution is -0.689. The number of carbonyl (C=O) groups is 1. The molecule has 0 radical (unpaired) electrons. The minimum Gasteiger partial charge on any atom is -1.00 e. The van der Waals surface area contributed by atoms with Gasteiger partial charge < -0.3 is 31.8 Å². The zero-order valence-electron chi connectivity index (χ0n) is 24.3. The van der Waals surface area contributed by atoms with Gasteiger partial charge in [-0.3, -0.25) is 4.79 Å². The van der Waals surface area contributed by atoms with Crippen LogP contribution in [0.4, 0.5) is 5.69 Å². The molecule has 0 saturated heterocycles. The molecule has 0 aliphatic rings. The maximum Gasteiger partial charge on any atom is 0.262 e. The standard InChI is InChI=1S/C33H46N2O3S.BrH/c1-3-4-5-6-7-8-9-10-11-12-13-14-22-37-31-18-20-32(21-19-31)38-25-33(36)34-30-17-15-16-29(23-30)24-35-27-39-26-28(35)2;/h15-21,23,26-27H,3-14,22,24-25H2,1-2H3;1H. The maximum atomic E-state index is 12.4. The molecule has 3 rings (SSSR count). The van der Waals surface area contributed by atoms with Crippen LogP contribution in [0.5, 0.6) is 11.5 Å². The van der Waals surface area contributed by atoms with E-state index in [0.717, 1.165) is 36.6 Å². The third-order valence-electron chi connectivity index (χ3n) is 6.90. The molecule has 0 aliphatic heterocycles. The second kappa shape index (κ2) is 20.5. The SMILES string of the molecule is CCCCCCCCCCCCCCOc1ccc(OCC(=O)Nc2cccc(C[n+]3cscc3C)c2)cc1.[Br-]. The minimum absolute atomic E-state index is 0. The number of amides is 1. The van der Waals surface area contributed by atoms with Crippen molar-refractivity contribution in [2.45, 2.75) is 97.4 Å². The highest BCUT2D eigenvalue weighted by Gasteiger charge is 2.10. The lowest BCUT2D eigenvalue weighted by Crippen LogP contribution is -3.00. The third kappa shape index (κ3) is 13.8. The number of ether oxygens (including phenoxy) is 2. The number of benzene rings is 2. The van der Waals surface area contributed by atoms with Gasteiger partial charge in [0.2, 0.25) is 5.51 Å². The van der Waals surface area contributed by atoms with E-state index in [4.69, 9.17) is 9.47 Å². The van der Waals surface area contributed by atoms with Gasteiger partial charge in [-0.05, 0) is 42.8 Å². The van der Waals surface area contributed by atoms with Gasteiger partial charge in [0.05, 0.1) is 12.0 Å². The highest BCUT2D eigenvalue weighted by molar-refractivity contribution is 7.07. The number of halogens is 1. The normalized spacial score (nSPS) is 10.7. The Bertz CT molecular complexity index is 1090. The number of hydrogen-bond donors (Lipinski definition) is 1. The van der Waals surface area contributed by atoms with Crippen LogP contribution in [-0.2, 0) is 11.3 Å². The molecule has 2 aromatic carbocycles. The zero-order chi connectivity index (χ0) is 27.5. The van der Waals surface area contributed by atoms with E-state index in [-0.39, 0.29) is 29.5 Å². The molecule has 1 heterocycles. The molecule has 0 bridgehead atoms. The van der Waals surface area contributed by atoms with Gasteiger partial charge in [0.25, 0.3) is 5.91 Å². The summed E-state index contributed by atoms with van der Waals surface area (Å²) >= 11 is 1.69. The molecule has 1 amide bonds. The van der Waals surface area contributed by atoms with Crippen LogP contribution in [0, 0.1) is 6.92 Å². The number of aromatic nitrogens is 1. The van der Waals surface area contributed by atoms with Crippen LogP contribution < -0.4 is 36.3 Å². The van der Waals surface area contributed by atoms with Crippen LogP contribution >= 0.6 is 11.3 Å². The van der Waals surface area contributed by atoms with Crippen molar-refractivity contribution >= 4 is 22.9 Å². The third-order valence-corrected chi connectivity index (χ3v) is 7.76. The summed E-state index contributed by atoms with van der Waals surface area (Å²) in [6.45, 7) is 5.85. The molecule has 220 valence electrons. The molecule has 1 N–H and O–H groups in total. The number of rotatable bonds is 20.